The molecule has 0 saturated carbocycles. The number of fused-ring (bicyclic) bond motifs is 3. The van der Waals surface area contributed by atoms with Crippen LogP contribution in [0.5, 0.6) is 5.75 Å². The number of carbonyl (C=O) groups is 1. The zero-order valence-electron chi connectivity index (χ0n) is 9.84. The molecule has 0 bridgehead atoms. The second kappa shape index (κ2) is 4.14. The average molecular weight is 241 g/mol. The van der Waals surface area contributed by atoms with Gasteiger partial charge in [0.2, 0.25) is 0 Å². The average Bonchev–Trinajstić information content (AvgIpc) is 2.80. The number of rotatable bonds is 1. The van der Waals surface area contributed by atoms with E-state index in [2.05, 4.69) is 5.16 Å². The van der Waals surface area contributed by atoms with Crippen molar-refractivity contribution in [3.8, 4) is 5.75 Å². The molecule has 3 rings (SSSR count). The molecule has 1 heterocycles. The summed E-state index contributed by atoms with van der Waals surface area (Å²) >= 11 is 0. The van der Waals surface area contributed by atoms with E-state index >= 15 is 0 Å². The summed E-state index contributed by atoms with van der Waals surface area (Å²) in [7, 11) is 0. The van der Waals surface area contributed by atoms with E-state index in [9.17, 15) is 4.79 Å². The van der Waals surface area contributed by atoms with Crippen molar-refractivity contribution in [2.24, 2.45) is 5.16 Å². The molecule has 1 aliphatic heterocycles. The number of hydrogen-bond donors (Lipinski definition) is 0. The van der Waals surface area contributed by atoms with E-state index in [-0.39, 0.29) is 0 Å². The van der Waals surface area contributed by atoms with Crippen molar-refractivity contribution in [1.29, 1.82) is 0 Å². The maximum Gasteiger partial charge on any atom is 0.331 e. The molecule has 18 heavy (non-hydrogen) atoms. The Kier molecular flexibility index (Phi) is 2.48. The molecule has 90 valence electrons. The van der Waals surface area contributed by atoms with Crippen LogP contribution in [0, 0.1) is 0 Å². The van der Waals surface area contributed by atoms with Gasteiger partial charge in [-0.05, 0) is 16.8 Å². The predicted molar refractivity (Wildman–Crippen MR) is 67.7 cm³/mol. The lowest BCUT2D eigenvalue weighted by Gasteiger charge is -2.03. The van der Waals surface area contributed by atoms with Crippen molar-refractivity contribution < 1.29 is 14.4 Å². The van der Waals surface area contributed by atoms with Crippen LogP contribution >= 0.6 is 0 Å². The van der Waals surface area contributed by atoms with Crippen LogP contribution in [-0.2, 0) is 9.63 Å². The van der Waals surface area contributed by atoms with Crippen molar-refractivity contribution in [2.75, 3.05) is 6.61 Å². The first-order valence-electron chi connectivity index (χ1n) is 5.65. The molecule has 2 aromatic rings. The van der Waals surface area contributed by atoms with Crippen LogP contribution in [0.2, 0.25) is 0 Å². The molecular formula is C14H11NO3. The number of nitrogens with zero attached hydrogens (tertiary/aromatic N) is 1. The number of ether oxygens (including phenoxy) is 1. The van der Waals surface area contributed by atoms with E-state index in [0.717, 1.165) is 22.1 Å². The van der Waals surface area contributed by atoms with Crippen LogP contribution in [0.15, 0.2) is 41.6 Å². The highest BCUT2D eigenvalue weighted by molar-refractivity contribution is 6.15. The second-order valence-corrected chi connectivity index (χ2v) is 4.07. The summed E-state index contributed by atoms with van der Waals surface area (Å²) in [5.41, 5.74) is 1.56. The first-order chi connectivity index (χ1) is 8.75. The predicted octanol–water partition coefficient (Wildman–Crippen LogP) is 2.50. The molecular weight excluding hydrogens is 230 g/mol. The SMILES string of the molecule is CC(=O)O/N=C1/COc2ccc3ccccc3c21. The molecule has 0 amide bonds. The Morgan fingerprint density at radius 2 is 2.11 bits per heavy atom. The van der Waals surface area contributed by atoms with Gasteiger partial charge < -0.3 is 9.57 Å². The van der Waals surface area contributed by atoms with E-state index in [1.807, 2.05) is 36.4 Å². The summed E-state index contributed by atoms with van der Waals surface area (Å²) in [5.74, 6) is 0.343. The van der Waals surface area contributed by atoms with Crippen LogP contribution in [0.1, 0.15) is 12.5 Å². The summed E-state index contributed by atoms with van der Waals surface area (Å²) in [4.78, 5) is 15.5. The molecule has 2 aromatic carbocycles. The van der Waals surface area contributed by atoms with Crippen LogP contribution in [-0.4, -0.2) is 18.3 Å². The Morgan fingerprint density at radius 3 is 2.94 bits per heavy atom. The van der Waals surface area contributed by atoms with Crippen molar-refractivity contribution >= 4 is 22.5 Å². The zero-order valence-corrected chi connectivity index (χ0v) is 9.84. The smallest absolute Gasteiger partial charge is 0.331 e. The molecule has 0 radical (unpaired) electrons. The Bertz CT molecular complexity index is 661. The van der Waals surface area contributed by atoms with E-state index in [0.29, 0.717) is 12.3 Å². The number of oxime groups is 1. The molecule has 0 atom stereocenters. The van der Waals surface area contributed by atoms with Crippen LogP contribution < -0.4 is 4.74 Å². The third kappa shape index (κ3) is 1.72. The summed E-state index contributed by atoms with van der Waals surface area (Å²) in [5, 5.41) is 6.02. The minimum Gasteiger partial charge on any atom is -0.486 e. The highest BCUT2D eigenvalue weighted by atomic mass is 16.7. The fourth-order valence-corrected chi connectivity index (χ4v) is 2.08. The van der Waals surface area contributed by atoms with E-state index in [1.54, 1.807) is 0 Å². The largest absolute Gasteiger partial charge is 0.486 e. The molecule has 0 aliphatic carbocycles. The van der Waals surface area contributed by atoms with E-state index in [1.165, 1.54) is 6.92 Å². The topological polar surface area (TPSA) is 47.9 Å². The van der Waals surface area contributed by atoms with Gasteiger partial charge in [-0.3, -0.25) is 0 Å². The molecule has 0 fully saturated rings. The lowest BCUT2D eigenvalue weighted by atomic mass is 10.0. The van der Waals surface area contributed by atoms with Gasteiger partial charge >= 0.3 is 5.97 Å². The van der Waals surface area contributed by atoms with E-state index in [4.69, 9.17) is 9.57 Å². The Balaban J connectivity index is 2.16. The molecule has 0 saturated heterocycles. The van der Waals surface area contributed by atoms with Crippen LogP contribution in [0.3, 0.4) is 0 Å². The van der Waals surface area contributed by atoms with Gasteiger partial charge in [0.05, 0.1) is 5.56 Å². The molecule has 1 aliphatic rings. The lowest BCUT2D eigenvalue weighted by molar-refractivity contribution is -0.140. The monoisotopic (exact) mass is 241 g/mol. The number of benzene rings is 2. The second-order valence-electron chi connectivity index (χ2n) is 4.07. The molecule has 0 N–H and O–H groups in total. The maximum absolute atomic E-state index is 10.8. The maximum atomic E-state index is 10.8. The summed E-state index contributed by atoms with van der Waals surface area (Å²) in [6, 6.07) is 11.9. The molecule has 0 aromatic heterocycles. The third-order valence-corrected chi connectivity index (χ3v) is 2.83. The Morgan fingerprint density at radius 1 is 1.28 bits per heavy atom. The molecule has 4 nitrogen and oxygen atoms in total. The fourth-order valence-electron chi connectivity index (χ4n) is 2.08. The van der Waals surface area contributed by atoms with Gasteiger partial charge in [0.25, 0.3) is 0 Å². The first-order valence-corrected chi connectivity index (χ1v) is 5.65. The number of hydrogen-bond acceptors (Lipinski definition) is 4. The van der Waals surface area contributed by atoms with Gasteiger partial charge in [0.1, 0.15) is 18.1 Å². The van der Waals surface area contributed by atoms with Crippen molar-refractivity contribution in [2.45, 2.75) is 6.92 Å². The normalized spacial score (nSPS) is 15.5. The highest BCUT2D eigenvalue weighted by Gasteiger charge is 2.22. The van der Waals surface area contributed by atoms with Gasteiger partial charge in [-0.1, -0.05) is 35.5 Å². The standard InChI is InChI=1S/C14H11NO3/c1-9(16)18-15-12-8-17-13-7-6-10-4-2-3-5-11(10)14(12)13/h2-7H,8H2,1H3/b15-12-. The minimum atomic E-state index is -0.434. The van der Waals surface area contributed by atoms with Crippen LogP contribution in [0.4, 0.5) is 0 Å². The van der Waals surface area contributed by atoms with Gasteiger partial charge in [-0.2, -0.15) is 0 Å². The molecule has 4 heteroatoms. The highest BCUT2D eigenvalue weighted by Crippen LogP contribution is 2.32. The zero-order chi connectivity index (χ0) is 12.5. The summed E-state index contributed by atoms with van der Waals surface area (Å²) in [6.07, 6.45) is 0. The van der Waals surface area contributed by atoms with Crippen LogP contribution in [0.25, 0.3) is 10.8 Å². The third-order valence-electron chi connectivity index (χ3n) is 2.83. The van der Waals surface area contributed by atoms with Gasteiger partial charge in [0, 0.05) is 6.92 Å². The Labute approximate surface area is 104 Å². The van der Waals surface area contributed by atoms with Gasteiger partial charge in [0.15, 0.2) is 0 Å². The lowest BCUT2D eigenvalue weighted by Crippen LogP contribution is -2.05. The van der Waals surface area contributed by atoms with E-state index < -0.39 is 5.97 Å². The quantitative estimate of drug-likeness (QED) is 0.569. The van der Waals surface area contributed by atoms with Gasteiger partial charge in [-0.15, -0.1) is 0 Å². The molecule has 0 unspecified atom stereocenters. The first kappa shape index (κ1) is 10.8. The number of carbonyl (C=O) groups excluding carboxylic acids is 1. The van der Waals surface area contributed by atoms with Gasteiger partial charge in [-0.25, -0.2) is 4.79 Å². The Hall–Kier alpha value is -2.36. The fraction of sp³-hybridized carbons (Fsp3) is 0.143. The van der Waals surface area contributed by atoms with Crippen molar-refractivity contribution in [1.82, 2.24) is 0 Å². The van der Waals surface area contributed by atoms with Crippen molar-refractivity contribution in [3.05, 3.63) is 42.0 Å². The van der Waals surface area contributed by atoms with Crippen molar-refractivity contribution in [3.63, 3.8) is 0 Å². The molecule has 0 spiro atoms. The summed E-state index contributed by atoms with van der Waals surface area (Å²) in [6.45, 7) is 1.65. The summed E-state index contributed by atoms with van der Waals surface area (Å²) < 4.78 is 5.53. The minimum absolute atomic E-state index is 0.330.